The molecule has 0 aromatic heterocycles. The van der Waals surface area contributed by atoms with Gasteiger partial charge in [0.2, 0.25) is 0 Å². The second kappa shape index (κ2) is 6.98. The minimum Gasteiger partial charge on any atom is -0.490 e. The molecule has 6 heteroatoms. The van der Waals surface area contributed by atoms with E-state index in [1.165, 1.54) is 18.2 Å². The Morgan fingerprint density at radius 3 is 2.45 bits per heavy atom. The van der Waals surface area contributed by atoms with Crippen LogP contribution in [0.1, 0.15) is 17.9 Å². The third-order valence-corrected chi connectivity index (χ3v) is 3.11. The molecule has 0 saturated heterocycles. The molecule has 2 aromatic rings. The monoisotopic (exact) mass is 310 g/mol. The molecular formula is C16H13F3O3. The number of hydrogen-bond acceptors (Lipinski definition) is 2. The fourth-order valence-electron chi connectivity index (χ4n) is 2.04. The molecule has 0 radical (unpaired) electrons. The average Bonchev–Trinajstić information content (AvgIpc) is 2.45. The summed E-state index contributed by atoms with van der Waals surface area (Å²) in [7, 11) is 0. The Labute approximate surface area is 125 Å². The van der Waals surface area contributed by atoms with Crippen LogP contribution in [-0.2, 0) is 4.79 Å². The topological polar surface area (TPSA) is 46.5 Å². The summed E-state index contributed by atoms with van der Waals surface area (Å²) < 4.78 is 44.4. The first kappa shape index (κ1) is 15.9. The van der Waals surface area contributed by atoms with Crippen LogP contribution in [0, 0.1) is 17.5 Å². The van der Waals surface area contributed by atoms with E-state index >= 15 is 0 Å². The van der Waals surface area contributed by atoms with Crippen molar-refractivity contribution in [2.75, 3.05) is 6.61 Å². The number of carbonyl (C=O) groups is 1. The van der Waals surface area contributed by atoms with Crippen LogP contribution in [0.15, 0.2) is 42.5 Å². The lowest BCUT2D eigenvalue weighted by molar-refractivity contribution is -0.139. The Morgan fingerprint density at radius 2 is 1.82 bits per heavy atom. The summed E-state index contributed by atoms with van der Waals surface area (Å²) in [5.41, 5.74) is 0.302. The summed E-state index contributed by atoms with van der Waals surface area (Å²) in [4.78, 5) is 11.3. The highest BCUT2D eigenvalue weighted by atomic mass is 19.1. The van der Waals surface area contributed by atoms with Crippen molar-refractivity contribution in [3.05, 3.63) is 65.5 Å². The highest BCUT2D eigenvalue weighted by molar-refractivity contribution is 5.76. The number of rotatable bonds is 6. The SMILES string of the molecule is O=C(O)C(CCOc1ccc(F)cc1F)c1cccc(F)c1. The molecule has 0 aliphatic heterocycles. The number of ether oxygens (including phenoxy) is 1. The molecule has 2 rings (SSSR count). The molecule has 0 aliphatic rings. The van der Waals surface area contributed by atoms with E-state index in [0.717, 1.165) is 18.2 Å². The number of hydrogen-bond donors (Lipinski definition) is 1. The Kier molecular flexibility index (Phi) is 5.04. The highest BCUT2D eigenvalue weighted by Gasteiger charge is 2.20. The molecule has 3 nitrogen and oxygen atoms in total. The van der Waals surface area contributed by atoms with Gasteiger partial charge in [0.05, 0.1) is 12.5 Å². The van der Waals surface area contributed by atoms with Gasteiger partial charge >= 0.3 is 5.97 Å². The van der Waals surface area contributed by atoms with Gasteiger partial charge in [0.15, 0.2) is 11.6 Å². The van der Waals surface area contributed by atoms with Gasteiger partial charge in [-0.2, -0.15) is 0 Å². The lowest BCUT2D eigenvalue weighted by Gasteiger charge is -2.14. The van der Waals surface area contributed by atoms with E-state index in [4.69, 9.17) is 4.74 Å². The molecule has 1 N–H and O–H groups in total. The number of carboxylic acid groups (broad SMARTS) is 1. The van der Waals surface area contributed by atoms with Crippen molar-refractivity contribution in [2.45, 2.75) is 12.3 Å². The second-order valence-corrected chi connectivity index (χ2v) is 4.66. The molecule has 0 aliphatic carbocycles. The largest absolute Gasteiger partial charge is 0.490 e. The van der Waals surface area contributed by atoms with E-state index in [9.17, 15) is 23.1 Å². The van der Waals surface area contributed by atoms with Crippen LogP contribution in [0.4, 0.5) is 13.2 Å². The molecule has 1 atom stereocenters. The first-order valence-electron chi connectivity index (χ1n) is 6.53. The van der Waals surface area contributed by atoms with Gasteiger partial charge in [-0.1, -0.05) is 12.1 Å². The van der Waals surface area contributed by atoms with Crippen LogP contribution in [0.3, 0.4) is 0 Å². The third kappa shape index (κ3) is 4.00. The molecule has 0 bridgehead atoms. The van der Waals surface area contributed by atoms with Crippen LogP contribution in [0.2, 0.25) is 0 Å². The minimum absolute atomic E-state index is 0.0234. The number of carboxylic acids is 1. The lowest BCUT2D eigenvalue weighted by atomic mass is 9.96. The first-order chi connectivity index (χ1) is 10.5. The Balaban J connectivity index is 2.02. The van der Waals surface area contributed by atoms with Gasteiger partial charge in [-0.3, -0.25) is 4.79 Å². The number of benzene rings is 2. The Hall–Kier alpha value is -2.50. The maximum absolute atomic E-state index is 13.4. The molecule has 0 amide bonds. The van der Waals surface area contributed by atoms with Gasteiger partial charge in [-0.25, -0.2) is 13.2 Å². The smallest absolute Gasteiger partial charge is 0.311 e. The highest BCUT2D eigenvalue weighted by Crippen LogP contribution is 2.23. The van der Waals surface area contributed by atoms with Crippen LogP contribution in [0.5, 0.6) is 5.75 Å². The van der Waals surface area contributed by atoms with Crippen molar-refractivity contribution in [3.63, 3.8) is 0 Å². The van der Waals surface area contributed by atoms with Crippen molar-refractivity contribution >= 4 is 5.97 Å². The quantitative estimate of drug-likeness (QED) is 0.884. The fourth-order valence-corrected chi connectivity index (χ4v) is 2.04. The van der Waals surface area contributed by atoms with E-state index in [-0.39, 0.29) is 18.8 Å². The predicted octanol–water partition coefficient (Wildman–Crippen LogP) is 3.74. The van der Waals surface area contributed by atoms with E-state index in [1.807, 2.05) is 0 Å². The van der Waals surface area contributed by atoms with Crippen LogP contribution in [0.25, 0.3) is 0 Å². The molecule has 116 valence electrons. The van der Waals surface area contributed by atoms with Crippen molar-refractivity contribution in [1.82, 2.24) is 0 Å². The summed E-state index contributed by atoms with van der Waals surface area (Å²) in [6, 6.07) is 8.12. The standard InChI is InChI=1S/C16H13F3O3/c17-11-3-1-2-10(8-11)13(16(20)21)6-7-22-15-5-4-12(18)9-14(15)19/h1-5,8-9,13H,6-7H2,(H,20,21). The zero-order chi connectivity index (χ0) is 16.1. The summed E-state index contributed by atoms with van der Waals surface area (Å²) in [5, 5.41) is 9.20. The normalized spacial score (nSPS) is 12.0. The molecular weight excluding hydrogens is 297 g/mol. The Morgan fingerprint density at radius 1 is 1.09 bits per heavy atom. The van der Waals surface area contributed by atoms with E-state index in [0.29, 0.717) is 11.6 Å². The van der Waals surface area contributed by atoms with E-state index in [2.05, 4.69) is 0 Å². The summed E-state index contributed by atoms with van der Waals surface area (Å²) in [5.74, 6) is -4.39. The van der Waals surface area contributed by atoms with Gasteiger partial charge in [-0.05, 0) is 36.2 Å². The average molecular weight is 310 g/mol. The second-order valence-electron chi connectivity index (χ2n) is 4.66. The summed E-state index contributed by atoms with van der Waals surface area (Å²) >= 11 is 0. The van der Waals surface area contributed by atoms with Gasteiger partial charge in [0, 0.05) is 6.07 Å². The van der Waals surface area contributed by atoms with Crippen molar-refractivity contribution < 1.29 is 27.8 Å². The van der Waals surface area contributed by atoms with Crippen molar-refractivity contribution in [3.8, 4) is 5.75 Å². The maximum atomic E-state index is 13.4. The van der Waals surface area contributed by atoms with Crippen molar-refractivity contribution in [1.29, 1.82) is 0 Å². The molecule has 0 saturated carbocycles. The fraction of sp³-hybridized carbons (Fsp3) is 0.188. The molecule has 0 heterocycles. The molecule has 2 aromatic carbocycles. The van der Waals surface area contributed by atoms with Gasteiger partial charge in [0.1, 0.15) is 11.6 Å². The predicted molar refractivity (Wildman–Crippen MR) is 73.2 cm³/mol. The summed E-state index contributed by atoms with van der Waals surface area (Å²) in [6.45, 7) is -0.101. The number of aliphatic carboxylic acids is 1. The van der Waals surface area contributed by atoms with Crippen LogP contribution in [-0.4, -0.2) is 17.7 Å². The lowest BCUT2D eigenvalue weighted by Crippen LogP contribution is -2.15. The third-order valence-electron chi connectivity index (χ3n) is 3.11. The van der Waals surface area contributed by atoms with Crippen LogP contribution >= 0.6 is 0 Å². The van der Waals surface area contributed by atoms with Gasteiger partial charge < -0.3 is 9.84 Å². The van der Waals surface area contributed by atoms with Gasteiger partial charge in [0.25, 0.3) is 0 Å². The van der Waals surface area contributed by atoms with E-state index in [1.54, 1.807) is 0 Å². The molecule has 0 spiro atoms. The minimum atomic E-state index is -1.13. The van der Waals surface area contributed by atoms with Crippen molar-refractivity contribution in [2.24, 2.45) is 0 Å². The summed E-state index contributed by atoms with van der Waals surface area (Å²) in [6.07, 6.45) is 0.0234. The first-order valence-corrected chi connectivity index (χ1v) is 6.53. The maximum Gasteiger partial charge on any atom is 0.311 e. The molecule has 1 unspecified atom stereocenters. The van der Waals surface area contributed by atoms with Gasteiger partial charge in [-0.15, -0.1) is 0 Å². The molecule has 0 fully saturated rings. The van der Waals surface area contributed by atoms with E-state index < -0.39 is 29.3 Å². The Bertz CT molecular complexity index is 673. The number of halogens is 3. The zero-order valence-electron chi connectivity index (χ0n) is 11.4. The zero-order valence-corrected chi connectivity index (χ0v) is 11.4. The molecule has 22 heavy (non-hydrogen) atoms. The van der Waals surface area contributed by atoms with Crippen LogP contribution < -0.4 is 4.74 Å².